The smallest absolute Gasteiger partial charge is 0.386 e. The minimum atomic E-state index is -0.512. The lowest BCUT2D eigenvalue weighted by atomic mass is 10.1. The summed E-state index contributed by atoms with van der Waals surface area (Å²) in [7, 11) is -0.512. The minimum absolute atomic E-state index is 0.124. The van der Waals surface area contributed by atoms with E-state index in [0.29, 0.717) is 6.61 Å². The molecule has 3 nitrogen and oxygen atoms in total. The highest BCUT2D eigenvalue weighted by atomic mass is 16.7. The molecule has 0 bridgehead atoms. The van der Waals surface area contributed by atoms with Crippen LogP contribution in [0.25, 0.3) is 0 Å². The molecular weight excluding hydrogens is 203 g/mol. The highest BCUT2D eigenvalue weighted by Gasteiger charge is 2.23. The molecule has 0 aromatic heterocycles. The molecule has 0 fully saturated rings. The third-order valence-electron chi connectivity index (χ3n) is 2.02. The molecule has 0 aromatic rings. The predicted molar refractivity (Wildman–Crippen MR) is 68.3 cm³/mol. The van der Waals surface area contributed by atoms with Crippen molar-refractivity contribution in [2.45, 2.75) is 72.5 Å². The van der Waals surface area contributed by atoms with Gasteiger partial charge in [0.25, 0.3) is 0 Å². The van der Waals surface area contributed by atoms with Crippen molar-refractivity contribution < 1.29 is 14.0 Å². The molecule has 0 saturated heterocycles. The molecule has 0 aliphatic carbocycles. The molecule has 0 unspecified atom stereocenters. The van der Waals surface area contributed by atoms with Gasteiger partial charge in [-0.2, -0.15) is 0 Å². The topological polar surface area (TPSA) is 27.7 Å². The van der Waals surface area contributed by atoms with E-state index in [1.807, 2.05) is 27.7 Å². The molecule has 0 atom stereocenters. The van der Waals surface area contributed by atoms with Crippen molar-refractivity contribution in [2.75, 3.05) is 6.61 Å². The fourth-order valence-corrected chi connectivity index (χ4v) is 1.26. The van der Waals surface area contributed by atoms with Crippen molar-refractivity contribution in [2.24, 2.45) is 0 Å². The van der Waals surface area contributed by atoms with Gasteiger partial charge < -0.3 is 14.0 Å². The van der Waals surface area contributed by atoms with Gasteiger partial charge >= 0.3 is 7.32 Å². The summed E-state index contributed by atoms with van der Waals surface area (Å²) in [5, 5.41) is 0. The standard InChI is InChI=1S/C12H27BO3/c1-6-7-8-9-10-14-13(15-11(2)3)16-12(4)5/h11-12H,6-10H2,1-5H3. The van der Waals surface area contributed by atoms with Crippen LogP contribution in [-0.4, -0.2) is 26.1 Å². The number of hydrogen-bond acceptors (Lipinski definition) is 3. The molecule has 0 aliphatic heterocycles. The lowest BCUT2D eigenvalue weighted by Gasteiger charge is -2.18. The minimum Gasteiger partial charge on any atom is -0.386 e. The molecule has 0 N–H and O–H groups in total. The van der Waals surface area contributed by atoms with Crippen LogP contribution in [0, 0.1) is 0 Å². The van der Waals surface area contributed by atoms with Gasteiger partial charge in [-0.05, 0) is 34.1 Å². The van der Waals surface area contributed by atoms with Crippen LogP contribution < -0.4 is 0 Å². The quantitative estimate of drug-likeness (QED) is 0.425. The molecule has 0 aliphatic rings. The molecule has 0 heterocycles. The Morgan fingerprint density at radius 3 is 1.88 bits per heavy atom. The second kappa shape index (κ2) is 10.1. The molecule has 0 amide bonds. The van der Waals surface area contributed by atoms with Crippen LogP contribution >= 0.6 is 0 Å². The van der Waals surface area contributed by atoms with Crippen molar-refractivity contribution in [3.8, 4) is 0 Å². The molecule has 0 radical (unpaired) electrons. The van der Waals surface area contributed by atoms with E-state index in [-0.39, 0.29) is 12.2 Å². The van der Waals surface area contributed by atoms with Crippen LogP contribution in [0.15, 0.2) is 0 Å². The second-order valence-corrected chi connectivity index (χ2v) is 4.59. The highest BCUT2D eigenvalue weighted by molar-refractivity contribution is 6.36. The van der Waals surface area contributed by atoms with E-state index in [1.54, 1.807) is 0 Å². The van der Waals surface area contributed by atoms with E-state index >= 15 is 0 Å². The van der Waals surface area contributed by atoms with Crippen molar-refractivity contribution in [1.82, 2.24) is 0 Å². The number of rotatable bonds is 10. The average molecular weight is 230 g/mol. The maximum atomic E-state index is 5.57. The fourth-order valence-electron chi connectivity index (χ4n) is 1.26. The molecular formula is C12H27BO3. The first-order valence-electron chi connectivity index (χ1n) is 6.48. The molecule has 96 valence electrons. The van der Waals surface area contributed by atoms with Gasteiger partial charge in [0.2, 0.25) is 0 Å². The lowest BCUT2D eigenvalue weighted by molar-refractivity contribution is 0.0494. The Morgan fingerprint density at radius 2 is 1.44 bits per heavy atom. The van der Waals surface area contributed by atoms with Gasteiger partial charge in [0.05, 0.1) is 0 Å². The molecule has 0 rings (SSSR count). The van der Waals surface area contributed by atoms with E-state index in [1.165, 1.54) is 19.3 Å². The van der Waals surface area contributed by atoms with Crippen molar-refractivity contribution in [3.05, 3.63) is 0 Å². The van der Waals surface area contributed by atoms with Gasteiger partial charge in [-0.1, -0.05) is 26.2 Å². The fraction of sp³-hybridized carbons (Fsp3) is 1.00. The molecule has 4 heteroatoms. The third-order valence-corrected chi connectivity index (χ3v) is 2.02. The Balaban J connectivity index is 3.65. The van der Waals surface area contributed by atoms with E-state index in [0.717, 1.165) is 6.42 Å². The first kappa shape index (κ1) is 15.9. The largest absolute Gasteiger partial charge is 0.639 e. The zero-order valence-corrected chi connectivity index (χ0v) is 11.5. The summed E-state index contributed by atoms with van der Waals surface area (Å²) >= 11 is 0. The first-order valence-corrected chi connectivity index (χ1v) is 6.48. The normalized spacial score (nSPS) is 11.4. The van der Waals surface area contributed by atoms with Gasteiger partial charge in [0.1, 0.15) is 0 Å². The van der Waals surface area contributed by atoms with Gasteiger partial charge in [-0.3, -0.25) is 0 Å². The van der Waals surface area contributed by atoms with Gasteiger partial charge in [-0.25, -0.2) is 0 Å². The van der Waals surface area contributed by atoms with Crippen molar-refractivity contribution >= 4 is 7.32 Å². The van der Waals surface area contributed by atoms with E-state index in [2.05, 4.69) is 6.92 Å². The Labute approximate surface area is 101 Å². The van der Waals surface area contributed by atoms with E-state index in [4.69, 9.17) is 14.0 Å². The monoisotopic (exact) mass is 230 g/mol. The second-order valence-electron chi connectivity index (χ2n) is 4.59. The third kappa shape index (κ3) is 10.5. The predicted octanol–water partition coefficient (Wildman–Crippen LogP) is 3.42. The summed E-state index contributed by atoms with van der Waals surface area (Å²) < 4.78 is 16.6. The molecule has 16 heavy (non-hydrogen) atoms. The van der Waals surface area contributed by atoms with E-state index < -0.39 is 7.32 Å². The lowest BCUT2D eigenvalue weighted by Crippen LogP contribution is -2.33. The summed E-state index contributed by atoms with van der Waals surface area (Å²) in [6.07, 6.45) is 5.05. The summed E-state index contributed by atoms with van der Waals surface area (Å²) in [6, 6.07) is 0. The SMILES string of the molecule is CCCCCCOB(OC(C)C)OC(C)C. The highest BCUT2D eigenvalue weighted by Crippen LogP contribution is 2.04. The maximum Gasteiger partial charge on any atom is 0.639 e. The van der Waals surface area contributed by atoms with Crippen molar-refractivity contribution in [1.29, 1.82) is 0 Å². The maximum absolute atomic E-state index is 5.57. The van der Waals surface area contributed by atoms with Crippen LogP contribution in [0.3, 0.4) is 0 Å². The average Bonchev–Trinajstić information content (AvgIpc) is 2.15. The molecule has 0 spiro atoms. The Morgan fingerprint density at radius 1 is 0.875 bits per heavy atom. The molecule has 0 aromatic carbocycles. The van der Waals surface area contributed by atoms with Gasteiger partial charge in [-0.15, -0.1) is 0 Å². The van der Waals surface area contributed by atoms with Crippen LogP contribution in [0.2, 0.25) is 0 Å². The Hall–Kier alpha value is -0.0551. The van der Waals surface area contributed by atoms with Gasteiger partial charge in [0.15, 0.2) is 0 Å². The first-order chi connectivity index (χ1) is 7.56. The van der Waals surface area contributed by atoms with Gasteiger partial charge in [0, 0.05) is 18.8 Å². The zero-order valence-electron chi connectivity index (χ0n) is 11.5. The van der Waals surface area contributed by atoms with Crippen LogP contribution in [0.4, 0.5) is 0 Å². The van der Waals surface area contributed by atoms with Crippen LogP contribution in [0.1, 0.15) is 60.3 Å². The number of unbranched alkanes of at least 4 members (excludes halogenated alkanes) is 3. The summed E-state index contributed by atoms with van der Waals surface area (Å²) in [4.78, 5) is 0. The zero-order chi connectivity index (χ0) is 12.4. The van der Waals surface area contributed by atoms with Crippen molar-refractivity contribution in [3.63, 3.8) is 0 Å². The number of hydrogen-bond donors (Lipinski definition) is 0. The summed E-state index contributed by atoms with van der Waals surface area (Å²) in [5.74, 6) is 0. The van der Waals surface area contributed by atoms with Crippen LogP contribution in [-0.2, 0) is 14.0 Å². The summed E-state index contributed by atoms with van der Waals surface area (Å²) in [6.45, 7) is 10.8. The Kier molecular flexibility index (Phi) is 10.1. The molecule has 0 saturated carbocycles. The summed E-state index contributed by atoms with van der Waals surface area (Å²) in [5.41, 5.74) is 0. The van der Waals surface area contributed by atoms with E-state index in [9.17, 15) is 0 Å². The Bertz CT molecular complexity index is 141. The van der Waals surface area contributed by atoms with Crippen LogP contribution in [0.5, 0.6) is 0 Å².